The number of halogens is 2. The van der Waals surface area contributed by atoms with E-state index in [1.165, 1.54) is 0 Å². The quantitative estimate of drug-likeness (QED) is 0.810. The number of hydrogen-bond donors (Lipinski definition) is 1. The van der Waals surface area contributed by atoms with Crippen LogP contribution in [0.2, 0.25) is 10.0 Å². The summed E-state index contributed by atoms with van der Waals surface area (Å²) in [6, 6.07) is 13.0. The highest BCUT2D eigenvalue weighted by Crippen LogP contribution is 2.23. The molecule has 23 heavy (non-hydrogen) atoms. The normalized spacial score (nSPS) is 11.8. The highest BCUT2D eigenvalue weighted by atomic mass is 35.5. The van der Waals surface area contributed by atoms with Crippen molar-refractivity contribution in [2.75, 3.05) is 7.11 Å². The van der Waals surface area contributed by atoms with E-state index in [-0.39, 0.29) is 11.9 Å². The highest BCUT2D eigenvalue weighted by Gasteiger charge is 2.10. The Balaban J connectivity index is 1.86. The van der Waals surface area contributed by atoms with Gasteiger partial charge in [0.1, 0.15) is 5.75 Å². The summed E-state index contributed by atoms with van der Waals surface area (Å²) >= 11 is 11.9. The lowest BCUT2D eigenvalue weighted by molar-refractivity contribution is -0.121. The first-order chi connectivity index (χ1) is 11.0. The molecule has 3 nitrogen and oxygen atoms in total. The minimum atomic E-state index is -0.0535. The maximum absolute atomic E-state index is 12.1. The van der Waals surface area contributed by atoms with Crippen LogP contribution in [0.4, 0.5) is 0 Å². The van der Waals surface area contributed by atoms with Gasteiger partial charge in [-0.05, 0) is 48.7 Å². The van der Waals surface area contributed by atoms with Gasteiger partial charge in [0, 0.05) is 6.42 Å². The Morgan fingerprint density at radius 1 is 1.13 bits per heavy atom. The third-order valence-electron chi connectivity index (χ3n) is 3.62. The molecule has 0 aliphatic rings. The second-order valence-electron chi connectivity index (χ2n) is 5.31. The zero-order valence-corrected chi connectivity index (χ0v) is 14.6. The van der Waals surface area contributed by atoms with Crippen LogP contribution in [0.15, 0.2) is 42.5 Å². The fourth-order valence-corrected chi connectivity index (χ4v) is 2.56. The third-order valence-corrected chi connectivity index (χ3v) is 4.36. The number of amides is 1. The molecule has 0 heterocycles. The summed E-state index contributed by atoms with van der Waals surface area (Å²) in [6.07, 6.45) is 1.02. The van der Waals surface area contributed by atoms with E-state index in [0.717, 1.165) is 16.9 Å². The van der Waals surface area contributed by atoms with E-state index >= 15 is 0 Å². The Hall–Kier alpha value is -1.71. The van der Waals surface area contributed by atoms with Gasteiger partial charge in [-0.3, -0.25) is 4.79 Å². The number of methoxy groups -OCH3 is 1. The van der Waals surface area contributed by atoms with E-state index in [9.17, 15) is 4.79 Å². The number of ether oxygens (including phenoxy) is 1. The summed E-state index contributed by atoms with van der Waals surface area (Å²) in [5.74, 6) is 0.797. The molecule has 1 amide bonds. The summed E-state index contributed by atoms with van der Waals surface area (Å²) in [5, 5.41) is 4.02. The van der Waals surface area contributed by atoms with Crippen molar-refractivity contribution in [3.05, 3.63) is 63.6 Å². The Morgan fingerprint density at radius 3 is 2.43 bits per heavy atom. The number of rotatable bonds is 6. The fraction of sp³-hybridized carbons (Fsp3) is 0.278. The predicted molar refractivity (Wildman–Crippen MR) is 94.3 cm³/mol. The molecule has 0 saturated carbocycles. The molecule has 2 rings (SSSR count). The van der Waals surface area contributed by atoms with Gasteiger partial charge in [-0.25, -0.2) is 0 Å². The minimum absolute atomic E-state index is 0.000564. The molecule has 0 fully saturated rings. The molecule has 0 unspecified atom stereocenters. The molecule has 2 aromatic rings. The monoisotopic (exact) mass is 351 g/mol. The second-order valence-corrected chi connectivity index (χ2v) is 6.13. The van der Waals surface area contributed by atoms with Crippen molar-refractivity contribution in [2.45, 2.75) is 25.8 Å². The lowest BCUT2D eigenvalue weighted by Gasteiger charge is -2.15. The smallest absolute Gasteiger partial charge is 0.220 e. The number of benzene rings is 2. The second kappa shape index (κ2) is 8.23. The first kappa shape index (κ1) is 17.6. The van der Waals surface area contributed by atoms with Gasteiger partial charge in [-0.2, -0.15) is 0 Å². The molecule has 0 aliphatic carbocycles. The molecule has 5 heteroatoms. The SMILES string of the molecule is COc1ccc([C@@H](C)NC(=O)CCc2ccc(Cl)c(Cl)c2)cc1. The van der Waals surface area contributed by atoms with Crippen LogP contribution in [-0.4, -0.2) is 13.0 Å². The average Bonchev–Trinajstić information content (AvgIpc) is 2.56. The molecule has 1 atom stereocenters. The lowest BCUT2D eigenvalue weighted by Crippen LogP contribution is -2.26. The number of carbonyl (C=O) groups excluding carboxylic acids is 1. The van der Waals surface area contributed by atoms with Gasteiger partial charge in [0.15, 0.2) is 0 Å². The standard InChI is InChI=1S/C18H19Cl2NO2/c1-12(14-5-7-15(23-2)8-6-14)21-18(22)10-4-13-3-9-16(19)17(20)11-13/h3,5-9,11-12H,4,10H2,1-2H3,(H,21,22)/t12-/m1/s1. The van der Waals surface area contributed by atoms with Crippen LogP contribution >= 0.6 is 23.2 Å². The highest BCUT2D eigenvalue weighted by molar-refractivity contribution is 6.42. The number of nitrogens with one attached hydrogen (secondary N) is 1. The van der Waals surface area contributed by atoms with E-state index in [1.807, 2.05) is 37.3 Å². The Labute approximate surface area is 146 Å². The molecule has 0 aromatic heterocycles. The van der Waals surface area contributed by atoms with E-state index in [4.69, 9.17) is 27.9 Å². The van der Waals surface area contributed by atoms with Crippen molar-refractivity contribution in [2.24, 2.45) is 0 Å². The Kier molecular flexibility index (Phi) is 6.31. The molecular formula is C18H19Cl2NO2. The topological polar surface area (TPSA) is 38.3 Å². The third kappa shape index (κ3) is 5.15. The Morgan fingerprint density at radius 2 is 1.83 bits per heavy atom. The van der Waals surface area contributed by atoms with Crippen LogP contribution in [0.5, 0.6) is 5.75 Å². The van der Waals surface area contributed by atoms with Gasteiger partial charge in [-0.15, -0.1) is 0 Å². The maximum Gasteiger partial charge on any atom is 0.220 e. The van der Waals surface area contributed by atoms with Gasteiger partial charge in [0.05, 0.1) is 23.2 Å². The number of carbonyl (C=O) groups is 1. The first-order valence-electron chi connectivity index (χ1n) is 7.37. The largest absolute Gasteiger partial charge is 0.497 e. The zero-order valence-electron chi connectivity index (χ0n) is 13.1. The molecule has 0 saturated heterocycles. The van der Waals surface area contributed by atoms with Crippen molar-refractivity contribution in [3.63, 3.8) is 0 Å². The van der Waals surface area contributed by atoms with Gasteiger partial charge >= 0.3 is 0 Å². The van der Waals surface area contributed by atoms with Gasteiger partial charge < -0.3 is 10.1 Å². The van der Waals surface area contributed by atoms with Crippen molar-refractivity contribution in [3.8, 4) is 5.75 Å². The van der Waals surface area contributed by atoms with Crippen LogP contribution < -0.4 is 10.1 Å². The van der Waals surface area contributed by atoms with E-state index in [0.29, 0.717) is 22.9 Å². The van der Waals surface area contributed by atoms with Crippen LogP contribution in [0.25, 0.3) is 0 Å². The van der Waals surface area contributed by atoms with Crippen molar-refractivity contribution in [1.82, 2.24) is 5.32 Å². The summed E-state index contributed by atoms with van der Waals surface area (Å²) in [6.45, 7) is 1.96. The molecule has 2 aromatic carbocycles. The van der Waals surface area contributed by atoms with E-state index < -0.39 is 0 Å². The van der Waals surface area contributed by atoms with Crippen LogP contribution in [-0.2, 0) is 11.2 Å². The molecule has 0 radical (unpaired) electrons. The van der Waals surface area contributed by atoms with Gasteiger partial charge in [-0.1, -0.05) is 41.4 Å². The van der Waals surface area contributed by atoms with E-state index in [2.05, 4.69) is 5.32 Å². The number of hydrogen-bond acceptors (Lipinski definition) is 2. The molecule has 0 aliphatic heterocycles. The molecule has 0 bridgehead atoms. The summed E-state index contributed by atoms with van der Waals surface area (Å²) < 4.78 is 5.13. The maximum atomic E-state index is 12.1. The van der Waals surface area contributed by atoms with Gasteiger partial charge in [0.2, 0.25) is 5.91 Å². The average molecular weight is 352 g/mol. The summed E-state index contributed by atoms with van der Waals surface area (Å²) in [4.78, 5) is 12.1. The number of aryl methyl sites for hydroxylation is 1. The van der Waals surface area contributed by atoms with Crippen molar-refractivity contribution >= 4 is 29.1 Å². The molecule has 0 spiro atoms. The van der Waals surface area contributed by atoms with Gasteiger partial charge in [0.25, 0.3) is 0 Å². The fourth-order valence-electron chi connectivity index (χ4n) is 2.24. The first-order valence-corrected chi connectivity index (χ1v) is 8.12. The minimum Gasteiger partial charge on any atom is -0.497 e. The molecule has 1 N–H and O–H groups in total. The Bertz CT molecular complexity index is 671. The van der Waals surface area contributed by atoms with Crippen LogP contribution in [0, 0.1) is 0 Å². The summed E-state index contributed by atoms with van der Waals surface area (Å²) in [5.41, 5.74) is 2.03. The van der Waals surface area contributed by atoms with E-state index in [1.54, 1.807) is 19.2 Å². The van der Waals surface area contributed by atoms with Crippen LogP contribution in [0.1, 0.15) is 30.5 Å². The van der Waals surface area contributed by atoms with Crippen molar-refractivity contribution < 1.29 is 9.53 Å². The zero-order chi connectivity index (χ0) is 16.8. The van der Waals surface area contributed by atoms with Crippen molar-refractivity contribution in [1.29, 1.82) is 0 Å². The molecular weight excluding hydrogens is 333 g/mol. The van der Waals surface area contributed by atoms with Crippen LogP contribution in [0.3, 0.4) is 0 Å². The predicted octanol–water partition coefficient (Wildman–Crippen LogP) is 4.81. The lowest BCUT2D eigenvalue weighted by atomic mass is 10.1. The summed E-state index contributed by atoms with van der Waals surface area (Å²) in [7, 11) is 1.63. The molecule has 122 valence electrons.